The molecule has 0 N–H and O–H groups in total. The largest absolute Gasteiger partial charge is 0.297 e. The molecule has 0 bridgehead atoms. The standard InChI is InChI=1S/C13H20OS/c1-11(2)6-4-3-5-7-12-8-13(9-14)15-10-12/h8-11H,3-7H2,1-2H3. The van der Waals surface area contributed by atoms with E-state index >= 15 is 0 Å². The first-order chi connectivity index (χ1) is 7.22. The van der Waals surface area contributed by atoms with E-state index in [2.05, 4.69) is 19.2 Å². The Hall–Kier alpha value is -0.630. The van der Waals surface area contributed by atoms with Crippen molar-refractivity contribution >= 4 is 17.6 Å². The van der Waals surface area contributed by atoms with Gasteiger partial charge in [-0.2, -0.15) is 0 Å². The van der Waals surface area contributed by atoms with Gasteiger partial charge in [0, 0.05) is 0 Å². The van der Waals surface area contributed by atoms with Crippen molar-refractivity contribution in [2.75, 3.05) is 0 Å². The van der Waals surface area contributed by atoms with Crippen LogP contribution in [0.5, 0.6) is 0 Å². The van der Waals surface area contributed by atoms with Crippen LogP contribution in [0.25, 0.3) is 0 Å². The van der Waals surface area contributed by atoms with Gasteiger partial charge < -0.3 is 0 Å². The second kappa shape index (κ2) is 6.78. The van der Waals surface area contributed by atoms with Gasteiger partial charge in [0.1, 0.15) is 0 Å². The number of aldehydes is 1. The summed E-state index contributed by atoms with van der Waals surface area (Å²) in [5, 5.41) is 2.10. The van der Waals surface area contributed by atoms with Crippen LogP contribution in [0.4, 0.5) is 0 Å². The maximum absolute atomic E-state index is 10.5. The van der Waals surface area contributed by atoms with Crippen molar-refractivity contribution in [1.82, 2.24) is 0 Å². The summed E-state index contributed by atoms with van der Waals surface area (Å²) in [6.07, 6.45) is 7.30. The van der Waals surface area contributed by atoms with E-state index in [1.165, 1.54) is 31.2 Å². The van der Waals surface area contributed by atoms with Gasteiger partial charge in [-0.1, -0.05) is 33.1 Å². The van der Waals surface area contributed by atoms with Crippen molar-refractivity contribution in [2.45, 2.75) is 46.0 Å². The molecule has 1 aromatic rings. The fourth-order valence-electron chi connectivity index (χ4n) is 1.65. The van der Waals surface area contributed by atoms with Crippen LogP contribution in [0, 0.1) is 5.92 Å². The van der Waals surface area contributed by atoms with Crippen molar-refractivity contribution in [3.8, 4) is 0 Å². The highest BCUT2D eigenvalue weighted by molar-refractivity contribution is 7.11. The highest BCUT2D eigenvalue weighted by Crippen LogP contribution is 2.16. The number of rotatable bonds is 7. The van der Waals surface area contributed by atoms with Gasteiger partial charge in [0.15, 0.2) is 6.29 Å². The molecular formula is C13H20OS. The summed E-state index contributed by atoms with van der Waals surface area (Å²) in [6, 6.07) is 2.01. The summed E-state index contributed by atoms with van der Waals surface area (Å²) in [7, 11) is 0. The third-order valence-electron chi connectivity index (χ3n) is 2.54. The van der Waals surface area contributed by atoms with Crippen molar-refractivity contribution in [1.29, 1.82) is 0 Å². The minimum atomic E-state index is 0.827. The fourth-order valence-corrected chi connectivity index (χ4v) is 2.39. The monoisotopic (exact) mass is 224 g/mol. The van der Waals surface area contributed by atoms with Crippen molar-refractivity contribution in [2.24, 2.45) is 5.92 Å². The summed E-state index contributed by atoms with van der Waals surface area (Å²) < 4.78 is 0. The normalized spacial score (nSPS) is 10.9. The molecule has 0 aromatic carbocycles. The zero-order valence-corrected chi connectivity index (χ0v) is 10.5. The van der Waals surface area contributed by atoms with Gasteiger partial charge in [-0.05, 0) is 35.8 Å². The van der Waals surface area contributed by atoms with Crippen molar-refractivity contribution in [3.63, 3.8) is 0 Å². The number of unbranched alkanes of at least 4 members (excludes halogenated alkanes) is 2. The summed E-state index contributed by atoms with van der Waals surface area (Å²) in [6.45, 7) is 4.55. The molecule has 1 nitrogen and oxygen atoms in total. The van der Waals surface area contributed by atoms with Crippen molar-refractivity contribution < 1.29 is 4.79 Å². The zero-order valence-electron chi connectivity index (χ0n) is 9.66. The highest BCUT2D eigenvalue weighted by Gasteiger charge is 1.99. The molecule has 0 saturated heterocycles. The average Bonchev–Trinajstić information content (AvgIpc) is 2.65. The Kier molecular flexibility index (Phi) is 5.62. The second-order valence-corrected chi connectivity index (χ2v) is 5.41. The van der Waals surface area contributed by atoms with E-state index in [0.29, 0.717) is 0 Å². The maximum atomic E-state index is 10.5. The number of aryl methyl sites for hydroxylation is 1. The second-order valence-electron chi connectivity index (χ2n) is 4.47. The van der Waals surface area contributed by atoms with Gasteiger partial charge in [-0.25, -0.2) is 0 Å². The Balaban J connectivity index is 2.12. The van der Waals surface area contributed by atoms with Gasteiger partial charge in [-0.3, -0.25) is 4.79 Å². The SMILES string of the molecule is CC(C)CCCCCc1csc(C=O)c1. The molecule has 15 heavy (non-hydrogen) atoms. The lowest BCUT2D eigenvalue weighted by molar-refractivity contribution is 0.112. The molecule has 2 heteroatoms. The predicted octanol–water partition coefficient (Wildman–Crippen LogP) is 4.32. The molecule has 0 fully saturated rings. The molecule has 0 aliphatic carbocycles. The Morgan fingerprint density at radius 3 is 2.73 bits per heavy atom. The van der Waals surface area contributed by atoms with Gasteiger partial charge in [0.25, 0.3) is 0 Å². The van der Waals surface area contributed by atoms with Gasteiger partial charge in [0.05, 0.1) is 4.88 Å². The lowest BCUT2D eigenvalue weighted by Gasteiger charge is -2.03. The van der Waals surface area contributed by atoms with Gasteiger partial charge in [-0.15, -0.1) is 11.3 Å². The van der Waals surface area contributed by atoms with Gasteiger partial charge in [0.2, 0.25) is 0 Å². The molecule has 0 radical (unpaired) electrons. The first-order valence-electron chi connectivity index (χ1n) is 5.75. The van der Waals surface area contributed by atoms with Crippen molar-refractivity contribution in [3.05, 3.63) is 21.9 Å². The van der Waals surface area contributed by atoms with Crippen LogP contribution in [-0.4, -0.2) is 6.29 Å². The van der Waals surface area contributed by atoms with E-state index in [1.807, 2.05) is 6.07 Å². The molecule has 1 rings (SSSR count). The number of carbonyl (C=O) groups is 1. The molecule has 0 saturated carbocycles. The first-order valence-corrected chi connectivity index (χ1v) is 6.63. The Morgan fingerprint density at radius 2 is 2.13 bits per heavy atom. The lowest BCUT2D eigenvalue weighted by Crippen LogP contribution is -1.88. The minimum absolute atomic E-state index is 0.827. The van der Waals surface area contributed by atoms with E-state index in [-0.39, 0.29) is 0 Å². The Labute approximate surface area is 96.5 Å². The highest BCUT2D eigenvalue weighted by atomic mass is 32.1. The smallest absolute Gasteiger partial charge is 0.160 e. The van der Waals surface area contributed by atoms with Crippen LogP contribution in [0.2, 0.25) is 0 Å². The summed E-state index contributed by atoms with van der Waals surface area (Å²) in [4.78, 5) is 11.3. The number of hydrogen-bond donors (Lipinski definition) is 0. The molecule has 1 aromatic heterocycles. The van der Waals surface area contributed by atoms with Gasteiger partial charge >= 0.3 is 0 Å². The predicted molar refractivity (Wildman–Crippen MR) is 66.7 cm³/mol. The molecule has 0 unspecified atom stereocenters. The minimum Gasteiger partial charge on any atom is -0.297 e. The van der Waals surface area contributed by atoms with Crippen LogP contribution in [0.15, 0.2) is 11.4 Å². The summed E-state index contributed by atoms with van der Waals surface area (Å²) in [5.41, 5.74) is 1.33. The summed E-state index contributed by atoms with van der Waals surface area (Å²) in [5.74, 6) is 0.827. The molecule has 84 valence electrons. The zero-order chi connectivity index (χ0) is 11.1. The molecular weight excluding hydrogens is 204 g/mol. The van der Waals surface area contributed by atoms with Crippen LogP contribution in [0.3, 0.4) is 0 Å². The lowest BCUT2D eigenvalue weighted by atomic mass is 10.0. The Morgan fingerprint density at radius 1 is 1.33 bits per heavy atom. The molecule has 1 heterocycles. The third kappa shape index (κ3) is 5.12. The number of thiophene rings is 1. The van der Waals surface area contributed by atoms with Crippen LogP contribution in [0.1, 0.15) is 54.8 Å². The van der Waals surface area contributed by atoms with E-state index in [4.69, 9.17) is 0 Å². The topological polar surface area (TPSA) is 17.1 Å². The quantitative estimate of drug-likeness (QED) is 0.498. The Bertz CT molecular complexity index is 288. The summed E-state index contributed by atoms with van der Waals surface area (Å²) >= 11 is 1.55. The molecule has 0 spiro atoms. The third-order valence-corrected chi connectivity index (χ3v) is 3.44. The number of carbonyl (C=O) groups excluding carboxylic acids is 1. The van der Waals surface area contributed by atoms with Crippen LogP contribution in [-0.2, 0) is 6.42 Å². The van der Waals surface area contributed by atoms with Crippen LogP contribution >= 0.6 is 11.3 Å². The number of hydrogen-bond acceptors (Lipinski definition) is 2. The first kappa shape index (κ1) is 12.4. The van der Waals surface area contributed by atoms with E-state index < -0.39 is 0 Å². The molecule has 0 aliphatic heterocycles. The van der Waals surface area contributed by atoms with E-state index in [9.17, 15) is 4.79 Å². The maximum Gasteiger partial charge on any atom is 0.160 e. The fraction of sp³-hybridized carbons (Fsp3) is 0.615. The van der Waals surface area contributed by atoms with Crippen LogP contribution < -0.4 is 0 Å². The van der Waals surface area contributed by atoms with E-state index in [1.54, 1.807) is 11.3 Å². The van der Waals surface area contributed by atoms with E-state index in [0.717, 1.165) is 23.5 Å². The average molecular weight is 224 g/mol. The molecule has 0 aliphatic rings. The molecule has 0 atom stereocenters. The molecule has 0 amide bonds.